The van der Waals surface area contributed by atoms with Gasteiger partial charge in [0.1, 0.15) is 11.6 Å². The summed E-state index contributed by atoms with van der Waals surface area (Å²) in [5.74, 6) is -2.88. The van der Waals surface area contributed by atoms with Crippen LogP contribution in [0.1, 0.15) is 11.1 Å². The molecule has 0 atom stereocenters. The van der Waals surface area contributed by atoms with Crippen molar-refractivity contribution in [2.75, 3.05) is 5.43 Å². The molecule has 2 rings (SSSR count). The minimum absolute atomic E-state index is 0.354. The summed E-state index contributed by atoms with van der Waals surface area (Å²) >= 11 is 2.64. The third-order valence-electron chi connectivity index (χ3n) is 2.66. The highest BCUT2D eigenvalue weighted by molar-refractivity contribution is 9.10. The van der Waals surface area contributed by atoms with E-state index in [0.717, 1.165) is 0 Å². The molecule has 0 aromatic heterocycles. The first kappa shape index (κ1) is 16.4. The van der Waals surface area contributed by atoms with Crippen LogP contribution in [0, 0.1) is 11.6 Å². The molecule has 0 radical (unpaired) electrons. The highest BCUT2D eigenvalue weighted by atomic mass is 79.9. The lowest BCUT2D eigenvalue weighted by Crippen LogP contribution is -2.12. The van der Waals surface area contributed by atoms with E-state index in [2.05, 4.69) is 26.5 Å². The van der Waals surface area contributed by atoms with Crippen molar-refractivity contribution in [3.8, 4) is 0 Å². The molecule has 0 fully saturated rings. The van der Waals surface area contributed by atoms with Crippen LogP contribution in [0.15, 0.2) is 46.0 Å². The van der Waals surface area contributed by atoms with Crippen molar-refractivity contribution in [3.05, 3.63) is 63.6 Å². The largest absolute Gasteiger partial charge is 0.419 e. The Morgan fingerprint density at radius 3 is 2.27 bits per heavy atom. The van der Waals surface area contributed by atoms with E-state index in [1.807, 2.05) is 0 Å². The zero-order valence-electron chi connectivity index (χ0n) is 10.8. The molecule has 0 aliphatic carbocycles. The summed E-state index contributed by atoms with van der Waals surface area (Å²) in [6.45, 7) is 0. The molecular formula is C14H8BrF5N2. The number of nitrogens with one attached hydrogen (secondary N) is 1. The number of alkyl halides is 3. The average Bonchev–Trinajstić information content (AvgIpc) is 2.46. The molecule has 2 nitrogen and oxygen atoms in total. The van der Waals surface area contributed by atoms with Crippen molar-refractivity contribution in [2.45, 2.75) is 6.18 Å². The second kappa shape index (κ2) is 6.43. The highest BCUT2D eigenvalue weighted by Crippen LogP contribution is 2.35. The number of anilines is 1. The van der Waals surface area contributed by atoms with E-state index in [0.29, 0.717) is 18.0 Å². The van der Waals surface area contributed by atoms with Gasteiger partial charge in [0, 0.05) is 0 Å². The second-order valence-electron chi connectivity index (χ2n) is 4.18. The Hall–Kier alpha value is -1.96. The summed E-state index contributed by atoms with van der Waals surface area (Å²) in [4.78, 5) is 0. The van der Waals surface area contributed by atoms with Crippen LogP contribution in [-0.2, 0) is 6.18 Å². The third kappa shape index (κ3) is 3.62. The molecule has 0 spiro atoms. The smallest absolute Gasteiger partial charge is 0.279 e. The standard InChI is InChI=1S/C14H8BrF5N2/c15-11-6-10(14(18,19)20)12(16)9(13(11)17)7-21-22-8-4-2-1-3-5-8/h1-7,22H. The lowest BCUT2D eigenvalue weighted by Gasteiger charge is -2.11. The van der Waals surface area contributed by atoms with Gasteiger partial charge in [-0.3, -0.25) is 5.43 Å². The number of hydrogen-bond acceptors (Lipinski definition) is 2. The maximum absolute atomic E-state index is 13.8. The van der Waals surface area contributed by atoms with Gasteiger partial charge in [0.15, 0.2) is 0 Å². The van der Waals surface area contributed by atoms with Crippen molar-refractivity contribution in [3.63, 3.8) is 0 Å². The molecule has 2 aromatic rings. The van der Waals surface area contributed by atoms with Crippen LogP contribution < -0.4 is 5.43 Å². The van der Waals surface area contributed by atoms with Gasteiger partial charge in [-0.2, -0.15) is 18.3 Å². The molecule has 0 saturated heterocycles. The summed E-state index contributed by atoms with van der Waals surface area (Å²) in [5.41, 5.74) is 0.532. The van der Waals surface area contributed by atoms with E-state index < -0.39 is 33.4 Å². The van der Waals surface area contributed by atoms with Gasteiger partial charge in [-0.05, 0) is 34.1 Å². The number of hydrogen-bond donors (Lipinski definition) is 1. The number of para-hydroxylation sites is 1. The van der Waals surface area contributed by atoms with Gasteiger partial charge in [-0.1, -0.05) is 18.2 Å². The Kier molecular flexibility index (Phi) is 4.80. The summed E-state index contributed by atoms with van der Waals surface area (Å²) in [6.07, 6.45) is -4.27. The average molecular weight is 379 g/mol. The topological polar surface area (TPSA) is 24.4 Å². The number of benzene rings is 2. The molecule has 0 amide bonds. The number of hydrazone groups is 1. The molecular weight excluding hydrogens is 371 g/mol. The first-order chi connectivity index (χ1) is 10.3. The first-order valence-corrected chi connectivity index (χ1v) is 6.69. The lowest BCUT2D eigenvalue weighted by molar-refractivity contribution is -0.140. The SMILES string of the molecule is Fc1c(Br)cc(C(F)(F)F)c(F)c1C=NNc1ccccc1. The van der Waals surface area contributed by atoms with Crippen LogP contribution in [-0.4, -0.2) is 6.21 Å². The van der Waals surface area contributed by atoms with Crippen LogP contribution in [0.2, 0.25) is 0 Å². The van der Waals surface area contributed by atoms with Gasteiger partial charge in [0.05, 0.1) is 27.5 Å². The molecule has 8 heteroatoms. The molecule has 0 aliphatic rings. The zero-order chi connectivity index (χ0) is 16.3. The van der Waals surface area contributed by atoms with Crippen molar-refractivity contribution in [1.82, 2.24) is 0 Å². The van der Waals surface area contributed by atoms with Crippen LogP contribution in [0.3, 0.4) is 0 Å². The van der Waals surface area contributed by atoms with Gasteiger partial charge < -0.3 is 0 Å². The number of nitrogens with zero attached hydrogens (tertiary/aromatic N) is 1. The third-order valence-corrected chi connectivity index (χ3v) is 3.23. The van der Waals surface area contributed by atoms with Crippen LogP contribution in [0.25, 0.3) is 0 Å². The monoisotopic (exact) mass is 378 g/mol. The predicted molar refractivity (Wildman–Crippen MR) is 76.7 cm³/mol. The maximum atomic E-state index is 13.8. The molecule has 2 aromatic carbocycles. The summed E-state index contributed by atoms with van der Waals surface area (Å²) in [7, 11) is 0. The van der Waals surface area contributed by atoms with Gasteiger partial charge in [0.25, 0.3) is 0 Å². The summed E-state index contributed by atoms with van der Waals surface area (Å²) in [5, 5.41) is 3.55. The van der Waals surface area contributed by atoms with Crippen molar-refractivity contribution < 1.29 is 22.0 Å². The van der Waals surface area contributed by atoms with Crippen molar-refractivity contribution in [2.24, 2.45) is 5.10 Å². The van der Waals surface area contributed by atoms with Gasteiger partial charge in [-0.25, -0.2) is 8.78 Å². The van der Waals surface area contributed by atoms with E-state index in [9.17, 15) is 22.0 Å². The van der Waals surface area contributed by atoms with Crippen LogP contribution >= 0.6 is 15.9 Å². The van der Waals surface area contributed by atoms with E-state index in [-0.39, 0.29) is 0 Å². The molecule has 116 valence electrons. The normalized spacial score (nSPS) is 11.9. The summed E-state index contributed by atoms with van der Waals surface area (Å²) < 4.78 is 65.2. The number of halogens is 6. The van der Waals surface area contributed by atoms with E-state index >= 15 is 0 Å². The van der Waals surface area contributed by atoms with Crippen LogP contribution in [0.5, 0.6) is 0 Å². The minimum atomic E-state index is -4.93. The predicted octanol–water partition coefficient (Wildman–Crippen LogP) is 5.19. The second-order valence-corrected chi connectivity index (χ2v) is 5.04. The highest BCUT2D eigenvalue weighted by Gasteiger charge is 2.36. The van der Waals surface area contributed by atoms with Crippen LogP contribution in [0.4, 0.5) is 27.6 Å². The first-order valence-electron chi connectivity index (χ1n) is 5.89. The molecule has 0 aliphatic heterocycles. The fraction of sp³-hybridized carbons (Fsp3) is 0.0714. The molecule has 0 bridgehead atoms. The van der Waals surface area contributed by atoms with E-state index in [1.165, 1.54) is 0 Å². The van der Waals surface area contributed by atoms with E-state index in [1.54, 1.807) is 30.3 Å². The van der Waals surface area contributed by atoms with Crippen molar-refractivity contribution >= 4 is 27.8 Å². The molecule has 0 heterocycles. The molecule has 22 heavy (non-hydrogen) atoms. The Bertz CT molecular complexity index is 699. The zero-order valence-corrected chi connectivity index (χ0v) is 12.3. The van der Waals surface area contributed by atoms with Crippen molar-refractivity contribution in [1.29, 1.82) is 0 Å². The van der Waals surface area contributed by atoms with Gasteiger partial charge >= 0.3 is 6.18 Å². The molecule has 1 N–H and O–H groups in total. The molecule has 0 saturated carbocycles. The minimum Gasteiger partial charge on any atom is -0.279 e. The van der Waals surface area contributed by atoms with Gasteiger partial charge in [0.2, 0.25) is 0 Å². The lowest BCUT2D eigenvalue weighted by atomic mass is 10.1. The Morgan fingerprint density at radius 2 is 1.68 bits per heavy atom. The Morgan fingerprint density at radius 1 is 1.05 bits per heavy atom. The fourth-order valence-electron chi connectivity index (χ4n) is 1.63. The quantitative estimate of drug-likeness (QED) is 0.338. The fourth-order valence-corrected chi connectivity index (χ4v) is 2.07. The number of rotatable bonds is 3. The Labute approximate surface area is 130 Å². The Balaban J connectivity index is 2.36. The van der Waals surface area contributed by atoms with Gasteiger partial charge in [-0.15, -0.1) is 0 Å². The summed E-state index contributed by atoms with van der Waals surface area (Å²) in [6, 6.07) is 8.75. The maximum Gasteiger partial charge on any atom is 0.419 e. The molecule has 0 unspecified atom stereocenters. The van der Waals surface area contributed by atoms with E-state index in [4.69, 9.17) is 0 Å².